The quantitative estimate of drug-likeness (QED) is 0.757. The van der Waals surface area contributed by atoms with E-state index in [1.807, 2.05) is 0 Å². The maximum absolute atomic E-state index is 11.8. The molecule has 0 aliphatic heterocycles. The third-order valence-electron chi connectivity index (χ3n) is 2.51. The van der Waals surface area contributed by atoms with Gasteiger partial charge in [0.15, 0.2) is 17.3 Å². The summed E-state index contributed by atoms with van der Waals surface area (Å²) in [5.74, 6) is -0.719. The van der Waals surface area contributed by atoms with E-state index in [0.29, 0.717) is 5.75 Å². The van der Waals surface area contributed by atoms with Crippen molar-refractivity contribution >= 4 is 5.78 Å². The van der Waals surface area contributed by atoms with Crippen molar-refractivity contribution in [2.24, 2.45) is 5.92 Å². The fourth-order valence-electron chi connectivity index (χ4n) is 1.46. The van der Waals surface area contributed by atoms with Crippen LogP contribution in [0.25, 0.3) is 0 Å². The van der Waals surface area contributed by atoms with Gasteiger partial charge in [0.2, 0.25) is 5.75 Å². The first-order chi connectivity index (χ1) is 8.06. The summed E-state index contributed by atoms with van der Waals surface area (Å²) in [6.45, 7) is 1.31. The van der Waals surface area contributed by atoms with Crippen molar-refractivity contribution in [1.29, 1.82) is 0 Å². The van der Waals surface area contributed by atoms with E-state index < -0.39 is 5.92 Å². The largest absolute Gasteiger partial charge is 0.504 e. The number of phenolic OH excluding ortho intramolecular Hbond substituents is 1. The molecule has 0 saturated heterocycles. The summed E-state index contributed by atoms with van der Waals surface area (Å²) < 4.78 is 9.97. The van der Waals surface area contributed by atoms with Crippen molar-refractivity contribution in [1.82, 2.24) is 0 Å². The molecule has 0 bridgehead atoms. The Bertz CT molecular complexity index is 414. The molecule has 0 spiro atoms. The molecule has 0 fully saturated rings. The van der Waals surface area contributed by atoms with Crippen LogP contribution < -0.4 is 9.47 Å². The van der Waals surface area contributed by atoms with Gasteiger partial charge in [-0.25, -0.2) is 0 Å². The summed E-state index contributed by atoms with van der Waals surface area (Å²) >= 11 is 0. The summed E-state index contributed by atoms with van der Waals surface area (Å²) in [7, 11) is 2.82. The zero-order chi connectivity index (χ0) is 13.0. The van der Waals surface area contributed by atoms with Gasteiger partial charge in [-0.05, 0) is 12.1 Å². The molecule has 1 unspecified atom stereocenters. The second-order valence-electron chi connectivity index (χ2n) is 3.65. The SMILES string of the molecule is COc1ccc(C(=O)C(C)CO)c(O)c1OC. The van der Waals surface area contributed by atoms with Crippen LogP contribution in [0.1, 0.15) is 17.3 Å². The van der Waals surface area contributed by atoms with Crippen LogP contribution in [0.3, 0.4) is 0 Å². The van der Waals surface area contributed by atoms with Crippen molar-refractivity contribution in [2.75, 3.05) is 20.8 Å². The first-order valence-electron chi connectivity index (χ1n) is 5.15. The first-order valence-corrected chi connectivity index (χ1v) is 5.15. The molecule has 0 aliphatic rings. The zero-order valence-corrected chi connectivity index (χ0v) is 10.1. The number of carbonyl (C=O) groups is 1. The van der Waals surface area contributed by atoms with Crippen molar-refractivity contribution < 1.29 is 24.5 Å². The number of ketones is 1. The van der Waals surface area contributed by atoms with Crippen molar-refractivity contribution in [2.45, 2.75) is 6.92 Å². The molecule has 17 heavy (non-hydrogen) atoms. The van der Waals surface area contributed by atoms with E-state index in [9.17, 15) is 9.90 Å². The minimum Gasteiger partial charge on any atom is -0.504 e. The second kappa shape index (κ2) is 5.54. The summed E-state index contributed by atoms with van der Waals surface area (Å²) in [5.41, 5.74) is 0.115. The Labute approximate surface area is 99.6 Å². The molecule has 5 heteroatoms. The van der Waals surface area contributed by atoms with Crippen LogP contribution in [-0.4, -0.2) is 36.8 Å². The second-order valence-corrected chi connectivity index (χ2v) is 3.65. The van der Waals surface area contributed by atoms with Crippen LogP contribution in [0.2, 0.25) is 0 Å². The smallest absolute Gasteiger partial charge is 0.203 e. The van der Waals surface area contributed by atoms with Gasteiger partial charge in [0.25, 0.3) is 0 Å². The molecule has 0 aromatic heterocycles. The number of hydrogen-bond acceptors (Lipinski definition) is 5. The summed E-state index contributed by atoms with van der Waals surface area (Å²) in [6.07, 6.45) is 0. The number of benzene rings is 1. The maximum Gasteiger partial charge on any atom is 0.203 e. The van der Waals surface area contributed by atoms with Gasteiger partial charge in [-0.15, -0.1) is 0 Å². The Morgan fingerprint density at radius 2 is 2.00 bits per heavy atom. The number of Topliss-reactive ketones (excluding diaryl/α,β-unsaturated/α-hetero) is 1. The Balaban J connectivity index is 3.23. The van der Waals surface area contributed by atoms with Gasteiger partial charge in [-0.1, -0.05) is 6.92 Å². The number of rotatable bonds is 5. The molecule has 94 valence electrons. The highest BCUT2D eigenvalue weighted by atomic mass is 16.5. The molecule has 0 aliphatic carbocycles. The van der Waals surface area contributed by atoms with Crippen LogP contribution in [-0.2, 0) is 0 Å². The first kappa shape index (κ1) is 13.3. The molecule has 0 radical (unpaired) electrons. The number of hydrogen-bond donors (Lipinski definition) is 2. The van der Waals surface area contributed by atoms with Crippen LogP contribution in [0.4, 0.5) is 0 Å². The lowest BCUT2D eigenvalue weighted by molar-refractivity contribution is 0.0874. The number of carbonyl (C=O) groups excluding carboxylic acids is 1. The topological polar surface area (TPSA) is 76.0 Å². The number of methoxy groups -OCH3 is 2. The molecule has 1 atom stereocenters. The summed E-state index contributed by atoms with van der Waals surface area (Å²) in [4.78, 5) is 11.8. The fourth-order valence-corrected chi connectivity index (χ4v) is 1.46. The molecule has 1 rings (SSSR count). The van der Waals surface area contributed by atoms with E-state index in [0.717, 1.165) is 0 Å². The standard InChI is InChI=1S/C12H16O5/c1-7(6-13)10(14)8-4-5-9(16-2)12(17-3)11(8)15/h4-5,7,13,15H,6H2,1-3H3. The summed E-state index contributed by atoms with van der Waals surface area (Å²) in [5, 5.41) is 18.8. The highest BCUT2D eigenvalue weighted by Crippen LogP contribution is 2.39. The number of aliphatic hydroxyl groups is 1. The molecule has 2 N–H and O–H groups in total. The lowest BCUT2D eigenvalue weighted by Gasteiger charge is -2.13. The normalized spacial score (nSPS) is 12.0. The predicted octanol–water partition coefficient (Wildman–Crippen LogP) is 1.22. The Kier molecular flexibility index (Phi) is 4.34. The average molecular weight is 240 g/mol. The van der Waals surface area contributed by atoms with Gasteiger partial charge in [-0.2, -0.15) is 0 Å². The van der Waals surface area contributed by atoms with Crippen LogP contribution in [0.15, 0.2) is 12.1 Å². The van der Waals surface area contributed by atoms with Gasteiger partial charge in [0.05, 0.1) is 26.4 Å². The lowest BCUT2D eigenvalue weighted by Crippen LogP contribution is -2.15. The van der Waals surface area contributed by atoms with Crippen molar-refractivity contribution in [3.8, 4) is 17.2 Å². The molecule has 0 saturated carbocycles. The summed E-state index contributed by atoms with van der Waals surface area (Å²) in [6, 6.07) is 2.99. The van der Waals surface area contributed by atoms with E-state index in [4.69, 9.17) is 14.6 Å². The van der Waals surface area contributed by atoms with E-state index >= 15 is 0 Å². The van der Waals surface area contributed by atoms with Crippen LogP contribution in [0.5, 0.6) is 17.2 Å². The van der Waals surface area contributed by atoms with Gasteiger partial charge in [0.1, 0.15) is 0 Å². The van der Waals surface area contributed by atoms with Gasteiger partial charge < -0.3 is 19.7 Å². The number of aromatic hydroxyl groups is 1. The molecule has 1 aromatic carbocycles. The maximum atomic E-state index is 11.8. The number of ether oxygens (including phenoxy) is 2. The highest BCUT2D eigenvalue weighted by molar-refractivity contribution is 6.01. The molecule has 0 heterocycles. The fraction of sp³-hybridized carbons (Fsp3) is 0.417. The van der Waals surface area contributed by atoms with E-state index in [1.165, 1.54) is 26.4 Å². The zero-order valence-electron chi connectivity index (χ0n) is 10.1. The van der Waals surface area contributed by atoms with E-state index in [-0.39, 0.29) is 29.5 Å². The average Bonchev–Trinajstić information content (AvgIpc) is 2.36. The molecule has 0 amide bonds. The predicted molar refractivity (Wildman–Crippen MR) is 61.8 cm³/mol. The monoisotopic (exact) mass is 240 g/mol. The molecular formula is C12H16O5. The van der Waals surface area contributed by atoms with Gasteiger partial charge in [-0.3, -0.25) is 4.79 Å². The van der Waals surface area contributed by atoms with Crippen LogP contribution >= 0.6 is 0 Å². The van der Waals surface area contributed by atoms with Crippen LogP contribution in [0, 0.1) is 5.92 Å². The molecule has 1 aromatic rings. The highest BCUT2D eigenvalue weighted by Gasteiger charge is 2.22. The van der Waals surface area contributed by atoms with Gasteiger partial charge in [0, 0.05) is 5.92 Å². The Morgan fingerprint density at radius 3 is 2.47 bits per heavy atom. The number of aliphatic hydroxyl groups excluding tert-OH is 1. The van der Waals surface area contributed by atoms with Crippen molar-refractivity contribution in [3.63, 3.8) is 0 Å². The van der Waals surface area contributed by atoms with Gasteiger partial charge >= 0.3 is 0 Å². The third-order valence-corrected chi connectivity index (χ3v) is 2.51. The Morgan fingerprint density at radius 1 is 1.35 bits per heavy atom. The lowest BCUT2D eigenvalue weighted by atomic mass is 9.99. The minimum atomic E-state index is -0.570. The molecule has 5 nitrogen and oxygen atoms in total. The Hall–Kier alpha value is -1.75. The molecular weight excluding hydrogens is 224 g/mol. The minimum absolute atomic E-state index is 0.114. The van der Waals surface area contributed by atoms with E-state index in [1.54, 1.807) is 6.92 Å². The van der Waals surface area contributed by atoms with E-state index in [2.05, 4.69) is 0 Å². The van der Waals surface area contributed by atoms with Crippen molar-refractivity contribution in [3.05, 3.63) is 17.7 Å². The third kappa shape index (κ3) is 2.50. The number of phenols is 1.